The molecule has 18 heavy (non-hydrogen) atoms. The molecule has 2 heterocycles. The Morgan fingerprint density at radius 2 is 2.11 bits per heavy atom. The highest BCUT2D eigenvalue weighted by molar-refractivity contribution is 7.07. The lowest BCUT2D eigenvalue weighted by molar-refractivity contribution is 0.861. The summed E-state index contributed by atoms with van der Waals surface area (Å²) in [5, 5.41) is 10.7. The van der Waals surface area contributed by atoms with Crippen LogP contribution in [0.5, 0.6) is 0 Å². The van der Waals surface area contributed by atoms with Crippen molar-refractivity contribution >= 4 is 23.0 Å². The molecule has 0 aromatic carbocycles. The molecular formula is C13H18N4S. The van der Waals surface area contributed by atoms with Crippen molar-refractivity contribution in [2.75, 3.05) is 17.7 Å². The summed E-state index contributed by atoms with van der Waals surface area (Å²) in [5.41, 5.74) is 1.28. The third-order valence-electron chi connectivity index (χ3n) is 2.75. The molecule has 5 heteroatoms. The number of nitrogens with one attached hydrogen (secondary N) is 2. The summed E-state index contributed by atoms with van der Waals surface area (Å²) in [6, 6.07) is 4.31. The minimum atomic E-state index is 0.251. The molecule has 4 nitrogen and oxygen atoms in total. The standard InChI is InChI=1S/C13H18N4S/c1-4-11-16-12(14-3)7-13(17-11)15-9(2)10-5-6-18-8-10/h5-9H,4H2,1-3H3,(H2,14,15,16,17). The van der Waals surface area contributed by atoms with Gasteiger partial charge in [-0.15, -0.1) is 0 Å². The van der Waals surface area contributed by atoms with Gasteiger partial charge in [0.25, 0.3) is 0 Å². The van der Waals surface area contributed by atoms with Gasteiger partial charge < -0.3 is 10.6 Å². The maximum absolute atomic E-state index is 4.49. The van der Waals surface area contributed by atoms with Crippen LogP contribution >= 0.6 is 11.3 Å². The van der Waals surface area contributed by atoms with Gasteiger partial charge in [-0.05, 0) is 29.3 Å². The molecule has 0 aliphatic heterocycles. The Balaban J connectivity index is 2.17. The predicted octanol–water partition coefficient (Wildman–Crippen LogP) is 3.32. The minimum absolute atomic E-state index is 0.251. The van der Waals surface area contributed by atoms with Gasteiger partial charge >= 0.3 is 0 Å². The van der Waals surface area contributed by atoms with Crippen molar-refractivity contribution in [2.24, 2.45) is 0 Å². The van der Waals surface area contributed by atoms with Gasteiger partial charge in [0.1, 0.15) is 17.5 Å². The zero-order valence-electron chi connectivity index (χ0n) is 10.9. The number of nitrogens with zero attached hydrogens (tertiary/aromatic N) is 2. The summed E-state index contributed by atoms with van der Waals surface area (Å²) in [6.45, 7) is 4.19. The molecule has 0 radical (unpaired) electrons. The molecule has 0 aliphatic carbocycles. The summed E-state index contributed by atoms with van der Waals surface area (Å²) in [6.07, 6.45) is 0.830. The largest absolute Gasteiger partial charge is 0.373 e. The lowest BCUT2D eigenvalue weighted by Crippen LogP contribution is -2.09. The Bertz CT molecular complexity index is 473. The second-order valence-electron chi connectivity index (χ2n) is 4.08. The van der Waals surface area contributed by atoms with Crippen molar-refractivity contribution in [3.8, 4) is 0 Å². The molecule has 2 N–H and O–H groups in total. The molecule has 96 valence electrons. The van der Waals surface area contributed by atoms with Gasteiger partial charge in [-0.2, -0.15) is 11.3 Å². The van der Waals surface area contributed by atoms with Crippen molar-refractivity contribution in [3.63, 3.8) is 0 Å². The summed E-state index contributed by atoms with van der Waals surface area (Å²) in [5.74, 6) is 2.56. The topological polar surface area (TPSA) is 49.8 Å². The number of aromatic nitrogens is 2. The molecule has 2 rings (SSSR count). The molecule has 0 aliphatic rings. The number of anilines is 2. The number of hydrogen-bond donors (Lipinski definition) is 2. The Morgan fingerprint density at radius 1 is 1.33 bits per heavy atom. The minimum Gasteiger partial charge on any atom is -0.373 e. The fourth-order valence-corrected chi connectivity index (χ4v) is 2.44. The second kappa shape index (κ2) is 5.82. The highest BCUT2D eigenvalue weighted by Gasteiger charge is 2.08. The first kappa shape index (κ1) is 12.8. The molecule has 1 unspecified atom stereocenters. The van der Waals surface area contributed by atoms with Crippen LogP contribution in [0.2, 0.25) is 0 Å². The van der Waals surface area contributed by atoms with E-state index in [-0.39, 0.29) is 6.04 Å². The second-order valence-corrected chi connectivity index (χ2v) is 4.86. The molecule has 0 saturated heterocycles. The Labute approximate surface area is 111 Å². The molecule has 2 aromatic rings. The van der Waals surface area contributed by atoms with Crippen molar-refractivity contribution in [1.29, 1.82) is 0 Å². The fraction of sp³-hybridized carbons (Fsp3) is 0.385. The van der Waals surface area contributed by atoms with E-state index in [1.165, 1.54) is 5.56 Å². The molecule has 0 fully saturated rings. The molecule has 0 amide bonds. The van der Waals surface area contributed by atoms with Crippen LogP contribution in [0.15, 0.2) is 22.9 Å². The first-order valence-electron chi connectivity index (χ1n) is 6.07. The number of thiophene rings is 1. The van der Waals surface area contributed by atoms with E-state index in [2.05, 4.69) is 51.3 Å². The predicted molar refractivity (Wildman–Crippen MR) is 77.3 cm³/mol. The molecule has 0 bridgehead atoms. The molecule has 0 saturated carbocycles. The van der Waals surface area contributed by atoms with E-state index < -0.39 is 0 Å². The number of hydrogen-bond acceptors (Lipinski definition) is 5. The van der Waals surface area contributed by atoms with Gasteiger partial charge in [-0.25, -0.2) is 9.97 Å². The van der Waals surface area contributed by atoms with Crippen LogP contribution in [-0.2, 0) is 6.42 Å². The van der Waals surface area contributed by atoms with Gasteiger partial charge in [-0.1, -0.05) is 6.92 Å². The Kier molecular flexibility index (Phi) is 4.15. The molecular weight excluding hydrogens is 244 g/mol. The molecule has 1 atom stereocenters. The van der Waals surface area contributed by atoms with Crippen LogP contribution in [0.1, 0.15) is 31.3 Å². The van der Waals surface area contributed by atoms with Gasteiger partial charge in [0.2, 0.25) is 0 Å². The van der Waals surface area contributed by atoms with Gasteiger partial charge in [-0.3, -0.25) is 0 Å². The Hall–Kier alpha value is -1.62. The third-order valence-corrected chi connectivity index (χ3v) is 3.45. The summed E-state index contributed by atoms with van der Waals surface area (Å²) >= 11 is 1.71. The summed E-state index contributed by atoms with van der Waals surface area (Å²) in [7, 11) is 1.87. The van der Waals surface area contributed by atoms with E-state index in [0.29, 0.717) is 0 Å². The van der Waals surface area contributed by atoms with E-state index in [0.717, 1.165) is 23.9 Å². The average Bonchev–Trinajstić information content (AvgIpc) is 2.92. The molecule has 2 aromatic heterocycles. The smallest absolute Gasteiger partial charge is 0.132 e. The van der Waals surface area contributed by atoms with Crippen molar-refractivity contribution in [2.45, 2.75) is 26.3 Å². The first-order valence-corrected chi connectivity index (χ1v) is 7.01. The van der Waals surface area contributed by atoms with Crippen molar-refractivity contribution in [3.05, 3.63) is 34.3 Å². The maximum Gasteiger partial charge on any atom is 0.132 e. The highest BCUT2D eigenvalue weighted by atomic mass is 32.1. The number of aryl methyl sites for hydroxylation is 1. The zero-order chi connectivity index (χ0) is 13.0. The maximum atomic E-state index is 4.49. The van der Waals surface area contributed by atoms with E-state index in [9.17, 15) is 0 Å². The third kappa shape index (κ3) is 2.98. The summed E-state index contributed by atoms with van der Waals surface area (Å²) < 4.78 is 0. The monoisotopic (exact) mass is 262 g/mol. The van der Waals surface area contributed by atoms with Crippen molar-refractivity contribution in [1.82, 2.24) is 9.97 Å². The van der Waals surface area contributed by atoms with Crippen LogP contribution in [0.4, 0.5) is 11.6 Å². The Morgan fingerprint density at radius 3 is 2.72 bits per heavy atom. The van der Waals surface area contributed by atoms with Gasteiger partial charge in [0.05, 0.1) is 6.04 Å². The van der Waals surface area contributed by atoms with Gasteiger partial charge in [0.15, 0.2) is 0 Å². The van der Waals surface area contributed by atoms with E-state index >= 15 is 0 Å². The van der Waals surface area contributed by atoms with E-state index in [1.807, 2.05) is 13.1 Å². The van der Waals surface area contributed by atoms with Crippen LogP contribution in [0.25, 0.3) is 0 Å². The molecule has 0 spiro atoms. The van der Waals surface area contributed by atoms with Gasteiger partial charge in [0, 0.05) is 19.5 Å². The van der Waals surface area contributed by atoms with Crippen LogP contribution in [-0.4, -0.2) is 17.0 Å². The van der Waals surface area contributed by atoms with Crippen molar-refractivity contribution < 1.29 is 0 Å². The zero-order valence-corrected chi connectivity index (χ0v) is 11.7. The first-order chi connectivity index (χ1) is 8.72. The lowest BCUT2D eigenvalue weighted by Gasteiger charge is -2.14. The summed E-state index contributed by atoms with van der Waals surface area (Å²) in [4.78, 5) is 8.87. The normalized spacial score (nSPS) is 12.2. The SMILES string of the molecule is CCc1nc(NC)cc(NC(C)c2ccsc2)n1. The van der Waals surface area contributed by atoms with E-state index in [1.54, 1.807) is 11.3 Å². The number of rotatable bonds is 5. The highest BCUT2D eigenvalue weighted by Crippen LogP contribution is 2.21. The van der Waals surface area contributed by atoms with Crippen LogP contribution in [0.3, 0.4) is 0 Å². The van der Waals surface area contributed by atoms with E-state index in [4.69, 9.17) is 0 Å². The lowest BCUT2D eigenvalue weighted by atomic mass is 10.2. The van der Waals surface area contributed by atoms with Crippen LogP contribution in [0, 0.1) is 0 Å². The quantitative estimate of drug-likeness (QED) is 0.868. The average molecular weight is 262 g/mol. The van der Waals surface area contributed by atoms with Crippen LogP contribution < -0.4 is 10.6 Å². The fourth-order valence-electron chi connectivity index (χ4n) is 1.68.